The SMILES string of the molecule is COc1cc(C)c2c(ccn2C(=O)OC(C)(C)C)c1CN1Cc2ccc(C#N)cc2C1=O. The molecule has 2 heterocycles. The summed E-state index contributed by atoms with van der Waals surface area (Å²) in [6.07, 6.45) is 1.23. The van der Waals surface area contributed by atoms with Gasteiger partial charge in [0.15, 0.2) is 0 Å². The number of nitriles is 1. The van der Waals surface area contributed by atoms with E-state index in [1.54, 1.807) is 30.3 Å². The summed E-state index contributed by atoms with van der Waals surface area (Å²) < 4.78 is 12.7. The summed E-state index contributed by atoms with van der Waals surface area (Å²) >= 11 is 0. The van der Waals surface area contributed by atoms with E-state index in [-0.39, 0.29) is 5.91 Å². The Bertz CT molecular complexity index is 1290. The first-order chi connectivity index (χ1) is 15.1. The molecule has 1 aliphatic heterocycles. The lowest BCUT2D eigenvalue weighted by Crippen LogP contribution is -2.27. The van der Waals surface area contributed by atoms with E-state index in [2.05, 4.69) is 6.07 Å². The van der Waals surface area contributed by atoms with E-state index in [1.165, 1.54) is 4.57 Å². The van der Waals surface area contributed by atoms with Crippen molar-refractivity contribution in [1.29, 1.82) is 5.26 Å². The Morgan fingerprint density at radius 3 is 2.62 bits per heavy atom. The second-order valence-corrected chi connectivity index (χ2v) is 8.95. The zero-order chi connectivity index (χ0) is 23.2. The van der Waals surface area contributed by atoms with Gasteiger partial charge in [-0.2, -0.15) is 5.26 Å². The summed E-state index contributed by atoms with van der Waals surface area (Å²) in [5, 5.41) is 9.98. The Balaban J connectivity index is 1.75. The fraction of sp³-hybridized carbons (Fsp3) is 0.320. The first kappa shape index (κ1) is 21.4. The van der Waals surface area contributed by atoms with Crippen molar-refractivity contribution in [2.45, 2.75) is 46.4 Å². The van der Waals surface area contributed by atoms with Crippen molar-refractivity contribution in [1.82, 2.24) is 9.47 Å². The number of amides is 1. The maximum absolute atomic E-state index is 13.0. The van der Waals surface area contributed by atoms with Gasteiger partial charge < -0.3 is 14.4 Å². The zero-order valence-corrected chi connectivity index (χ0v) is 18.9. The van der Waals surface area contributed by atoms with Gasteiger partial charge in [0.2, 0.25) is 0 Å². The minimum atomic E-state index is -0.618. The van der Waals surface area contributed by atoms with Crippen LogP contribution >= 0.6 is 0 Å². The van der Waals surface area contributed by atoms with Gasteiger partial charge >= 0.3 is 6.09 Å². The predicted molar refractivity (Wildman–Crippen MR) is 120 cm³/mol. The molecule has 1 aromatic heterocycles. The van der Waals surface area contributed by atoms with Crippen LogP contribution in [-0.4, -0.2) is 34.2 Å². The van der Waals surface area contributed by atoms with Crippen molar-refractivity contribution in [2.24, 2.45) is 0 Å². The quantitative estimate of drug-likeness (QED) is 0.596. The van der Waals surface area contributed by atoms with E-state index in [4.69, 9.17) is 14.7 Å². The van der Waals surface area contributed by atoms with Crippen molar-refractivity contribution in [3.8, 4) is 11.8 Å². The average molecular weight is 431 g/mol. The highest BCUT2D eigenvalue weighted by atomic mass is 16.6. The predicted octanol–water partition coefficient (Wildman–Crippen LogP) is 4.77. The van der Waals surface area contributed by atoms with E-state index in [9.17, 15) is 9.59 Å². The number of benzene rings is 2. The van der Waals surface area contributed by atoms with Crippen LogP contribution in [0.4, 0.5) is 4.79 Å². The van der Waals surface area contributed by atoms with Gasteiger partial charge in [-0.1, -0.05) is 6.07 Å². The summed E-state index contributed by atoms with van der Waals surface area (Å²) in [7, 11) is 1.59. The van der Waals surface area contributed by atoms with Gasteiger partial charge in [-0.05, 0) is 63.1 Å². The second-order valence-electron chi connectivity index (χ2n) is 8.95. The van der Waals surface area contributed by atoms with Crippen LogP contribution in [0.5, 0.6) is 5.75 Å². The van der Waals surface area contributed by atoms with Crippen LogP contribution in [0.25, 0.3) is 10.9 Å². The second kappa shape index (κ2) is 7.72. The van der Waals surface area contributed by atoms with E-state index in [0.717, 1.165) is 27.6 Å². The monoisotopic (exact) mass is 431 g/mol. The third-order valence-electron chi connectivity index (χ3n) is 5.51. The molecule has 0 atom stereocenters. The Kier molecular flexibility index (Phi) is 5.17. The Morgan fingerprint density at radius 2 is 1.97 bits per heavy atom. The van der Waals surface area contributed by atoms with Gasteiger partial charge in [-0.25, -0.2) is 4.79 Å². The van der Waals surface area contributed by atoms with Crippen molar-refractivity contribution in [3.05, 3.63) is 64.3 Å². The molecule has 0 N–H and O–H groups in total. The molecule has 0 bridgehead atoms. The largest absolute Gasteiger partial charge is 0.496 e. The number of nitrogens with zero attached hydrogens (tertiary/aromatic N) is 3. The molecule has 1 aliphatic rings. The minimum absolute atomic E-state index is 0.126. The summed E-state index contributed by atoms with van der Waals surface area (Å²) in [6.45, 7) is 8.15. The lowest BCUT2D eigenvalue weighted by atomic mass is 10.0. The standard InChI is InChI=1S/C25H25N3O4/c1-15-10-21(31-5)20(18-8-9-28(22(15)18)24(30)32-25(2,3)4)14-27-13-17-7-6-16(12-26)11-19(17)23(27)29/h6-11H,13-14H2,1-5H3. The van der Waals surface area contributed by atoms with Gasteiger partial charge in [0, 0.05) is 29.3 Å². The van der Waals surface area contributed by atoms with Gasteiger partial charge in [0.1, 0.15) is 11.4 Å². The van der Waals surface area contributed by atoms with E-state index in [0.29, 0.717) is 30.0 Å². The lowest BCUT2D eigenvalue weighted by molar-refractivity contribution is 0.0544. The molecule has 0 aliphatic carbocycles. The number of aromatic nitrogens is 1. The van der Waals surface area contributed by atoms with Crippen molar-refractivity contribution in [2.75, 3.05) is 7.11 Å². The highest BCUT2D eigenvalue weighted by molar-refractivity contribution is 5.99. The average Bonchev–Trinajstić information content (AvgIpc) is 3.31. The molecule has 2 aromatic carbocycles. The first-order valence-electron chi connectivity index (χ1n) is 10.4. The molecule has 32 heavy (non-hydrogen) atoms. The fourth-order valence-electron chi connectivity index (χ4n) is 4.12. The Hall–Kier alpha value is -3.79. The molecular formula is C25H25N3O4. The normalized spacial score (nSPS) is 13.2. The number of hydrogen-bond donors (Lipinski definition) is 0. The van der Waals surface area contributed by atoms with Crippen molar-refractivity contribution >= 4 is 22.9 Å². The fourth-order valence-corrected chi connectivity index (χ4v) is 4.12. The maximum Gasteiger partial charge on any atom is 0.419 e. The number of aryl methyl sites for hydroxylation is 1. The van der Waals surface area contributed by atoms with Gasteiger partial charge in [0.25, 0.3) is 5.91 Å². The molecule has 0 fully saturated rings. The Morgan fingerprint density at radius 1 is 1.22 bits per heavy atom. The van der Waals surface area contributed by atoms with Crippen LogP contribution in [0.3, 0.4) is 0 Å². The van der Waals surface area contributed by atoms with Crippen LogP contribution in [0.2, 0.25) is 0 Å². The molecule has 164 valence electrons. The number of methoxy groups -OCH3 is 1. The molecule has 3 aromatic rings. The van der Waals surface area contributed by atoms with Crippen LogP contribution in [0.1, 0.15) is 53.4 Å². The summed E-state index contributed by atoms with van der Waals surface area (Å²) in [5.41, 5.74) is 3.70. The Labute approximate surface area is 186 Å². The minimum Gasteiger partial charge on any atom is -0.496 e. The number of fused-ring (bicyclic) bond motifs is 2. The molecule has 7 nitrogen and oxygen atoms in total. The summed E-state index contributed by atoms with van der Waals surface area (Å²) in [6, 6.07) is 11.0. The van der Waals surface area contributed by atoms with Crippen molar-refractivity contribution < 1.29 is 19.1 Å². The molecule has 0 radical (unpaired) electrons. The molecule has 7 heteroatoms. The van der Waals surface area contributed by atoms with Crippen LogP contribution in [-0.2, 0) is 17.8 Å². The first-order valence-corrected chi connectivity index (χ1v) is 10.4. The molecule has 1 amide bonds. The molecule has 0 saturated heterocycles. The maximum atomic E-state index is 13.0. The van der Waals surface area contributed by atoms with Gasteiger partial charge in [-0.15, -0.1) is 0 Å². The van der Waals surface area contributed by atoms with E-state index >= 15 is 0 Å². The zero-order valence-electron chi connectivity index (χ0n) is 18.9. The third-order valence-corrected chi connectivity index (χ3v) is 5.51. The van der Waals surface area contributed by atoms with Crippen LogP contribution in [0, 0.1) is 18.3 Å². The van der Waals surface area contributed by atoms with Gasteiger partial charge in [-0.3, -0.25) is 9.36 Å². The van der Waals surface area contributed by atoms with Crippen molar-refractivity contribution in [3.63, 3.8) is 0 Å². The number of ether oxygens (including phenoxy) is 2. The molecule has 0 saturated carbocycles. The number of carbonyl (C=O) groups excluding carboxylic acids is 2. The topological polar surface area (TPSA) is 84.6 Å². The molecular weight excluding hydrogens is 406 g/mol. The lowest BCUT2D eigenvalue weighted by Gasteiger charge is -2.21. The molecule has 0 unspecified atom stereocenters. The van der Waals surface area contributed by atoms with E-state index < -0.39 is 11.7 Å². The molecule has 4 rings (SSSR count). The molecule has 0 spiro atoms. The smallest absolute Gasteiger partial charge is 0.419 e. The highest BCUT2D eigenvalue weighted by Gasteiger charge is 2.30. The van der Waals surface area contributed by atoms with Crippen LogP contribution in [0.15, 0.2) is 36.5 Å². The number of carbonyl (C=O) groups is 2. The highest BCUT2D eigenvalue weighted by Crippen LogP contribution is 2.35. The van der Waals surface area contributed by atoms with Crippen LogP contribution < -0.4 is 4.74 Å². The van der Waals surface area contributed by atoms with Gasteiger partial charge in [0.05, 0.1) is 30.8 Å². The number of rotatable bonds is 3. The summed E-state index contributed by atoms with van der Waals surface area (Å²) in [5.74, 6) is 0.526. The third kappa shape index (κ3) is 3.69. The van der Waals surface area contributed by atoms with E-state index in [1.807, 2.05) is 45.9 Å². The summed E-state index contributed by atoms with van der Waals surface area (Å²) in [4.78, 5) is 27.5. The number of hydrogen-bond acceptors (Lipinski definition) is 5.